The number of hydrogen-bond donors (Lipinski definition) is 1. The Labute approximate surface area is 88.1 Å². The Balaban J connectivity index is 2.35. The van der Waals surface area contributed by atoms with Crippen LogP contribution in [0, 0.1) is 0 Å². The molecule has 1 fully saturated rings. The third-order valence-corrected chi connectivity index (χ3v) is 2.51. The Kier molecular flexibility index (Phi) is 2.58. The maximum atomic E-state index is 5.58. The van der Waals surface area contributed by atoms with E-state index >= 15 is 0 Å². The molecule has 4 nitrogen and oxygen atoms in total. The van der Waals surface area contributed by atoms with E-state index in [-0.39, 0.29) is 0 Å². The van der Waals surface area contributed by atoms with Crippen LogP contribution in [0.5, 0.6) is 0 Å². The van der Waals surface area contributed by atoms with Crippen LogP contribution in [0.4, 0.5) is 5.82 Å². The molecule has 14 heavy (non-hydrogen) atoms. The Morgan fingerprint density at radius 1 is 1.29 bits per heavy atom. The number of anilines is 1. The van der Waals surface area contributed by atoms with Gasteiger partial charge >= 0.3 is 0 Å². The minimum absolute atomic E-state index is 0.319. The third kappa shape index (κ3) is 1.68. The second kappa shape index (κ2) is 3.88. The first-order valence-corrected chi connectivity index (χ1v) is 5.05. The standard InChI is InChI=1S/C9H12N4S/c10-8(14)7-9(12-4-3-11-7)13-5-1-2-6-13/h3-4H,1-2,5-6H2,(H2,10,14). The molecule has 2 heterocycles. The highest BCUT2D eigenvalue weighted by atomic mass is 32.1. The molecule has 2 rings (SSSR count). The van der Waals surface area contributed by atoms with Gasteiger partial charge < -0.3 is 10.6 Å². The molecule has 1 aromatic heterocycles. The van der Waals surface area contributed by atoms with E-state index in [0.29, 0.717) is 10.7 Å². The van der Waals surface area contributed by atoms with E-state index in [1.807, 2.05) is 0 Å². The zero-order chi connectivity index (χ0) is 9.97. The fourth-order valence-electron chi connectivity index (χ4n) is 1.66. The Hall–Kier alpha value is -1.23. The first-order chi connectivity index (χ1) is 6.79. The molecule has 0 aliphatic carbocycles. The minimum Gasteiger partial charge on any atom is -0.388 e. The molecule has 0 bridgehead atoms. The molecule has 1 saturated heterocycles. The molecule has 0 saturated carbocycles. The quantitative estimate of drug-likeness (QED) is 0.725. The van der Waals surface area contributed by atoms with Gasteiger partial charge in [-0.1, -0.05) is 12.2 Å². The van der Waals surface area contributed by atoms with Crippen molar-refractivity contribution >= 4 is 23.0 Å². The zero-order valence-electron chi connectivity index (χ0n) is 7.81. The molecule has 1 aliphatic rings. The number of nitrogens with two attached hydrogens (primary N) is 1. The van der Waals surface area contributed by atoms with Gasteiger partial charge in [0.1, 0.15) is 10.7 Å². The molecule has 5 heteroatoms. The highest BCUT2D eigenvalue weighted by molar-refractivity contribution is 7.80. The average Bonchev–Trinajstić information content (AvgIpc) is 2.70. The summed E-state index contributed by atoms with van der Waals surface area (Å²) >= 11 is 4.93. The Morgan fingerprint density at radius 2 is 1.93 bits per heavy atom. The Bertz CT molecular complexity index is 346. The van der Waals surface area contributed by atoms with Gasteiger partial charge in [-0.15, -0.1) is 0 Å². The largest absolute Gasteiger partial charge is 0.388 e. The van der Waals surface area contributed by atoms with Gasteiger partial charge in [0.25, 0.3) is 0 Å². The van der Waals surface area contributed by atoms with E-state index in [2.05, 4.69) is 14.9 Å². The summed E-state index contributed by atoms with van der Waals surface area (Å²) in [6.07, 6.45) is 5.70. The lowest BCUT2D eigenvalue weighted by atomic mass is 10.3. The lowest BCUT2D eigenvalue weighted by molar-refractivity contribution is 0.923. The van der Waals surface area contributed by atoms with E-state index in [0.717, 1.165) is 18.9 Å². The van der Waals surface area contributed by atoms with Crippen molar-refractivity contribution in [3.05, 3.63) is 18.1 Å². The van der Waals surface area contributed by atoms with Crippen LogP contribution in [-0.4, -0.2) is 28.0 Å². The zero-order valence-corrected chi connectivity index (χ0v) is 8.63. The lowest BCUT2D eigenvalue weighted by Crippen LogP contribution is -2.24. The summed E-state index contributed by atoms with van der Waals surface area (Å²) in [7, 11) is 0. The van der Waals surface area contributed by atoms with Crippen LogP contribution in [0.3, 0.4) is 0 Å². The van der Waals surface area contributed by atoms with Crippen molar-refractivity contribution < 1.29 is 0 Å². The SMILES string of the molecule is NC(=S)c1nccnc1N1CCCC1. The van der Waals surface area contributed by atoms with E-state index in [9.17, 15) is 0 Å². The van der Waals surface area contributed by atoms with Crippen molar-refractivity contribution in [1.82, 2.24) is 9.97 Å². The maximum absolute atomic E-state index is 5.58. The molecule has 0 spiro atoms. The van der Waals surface area contributed by atoms with Gasteiger partial charge in [-0.05, 0) is 12.8 Å². The summed E-state index contributed by atoms with van der Waals surface area (Å²) in [5.41, 5.74) is 6.23. The van der Waals surface area contributed by atoms with Crippen LogP contribution in [0.2, 0.25) is 0 Å². The fourth-order valence-corrected chi connectivity index (χ4v) is 1.81. The van der Waals surface area contributed by atoms with Gasteiger partial charge in [0.2, 0.25) is 0 Å². The van der Waals surface area contributed by atoms with E-state index in [4.69, 9.17) is 18.0 Å². The van der Waals surface area contributed by atoms with Crippen molar-refractivity contribution in [2.75, 3.05) is 18.0 Å². The van der Waals surface area contributed by atoms with Crippen molar-refractivity contribution in [2.45, 2.75) is 12.8 Å². The van der Waals surface area contributed by atoms with Crippen LogP contribution < -0.4 is 10.6 Å². The van der Waals surface area contributed by atoms with Crippen LogP contribution in [-0.2, 0) is 0 Å². The van der Waals surface area contributed by atoms with Crippen molar-refractivity contribution in [3.8, 4) is 0 Å². The minimum atomic E-state index is 0.319. The smallest absolute Gasteiger partial charge is 0.157 e. The molecule has 1 aliphatic heterocycles. The van der Waals surface area contributed by atoms with Gasteiger partial charge in [0, 0.05) is 25.5 Å². The fraction of sp³-hybridized carbons (Fsp3) is 0.444. The molecule has 0 amide bonds. The monoisotopic (exact) mass is 208 g/mol. The first kappa shape index (κ1) is 9.33. The van der Waals surface area contributed by atoms with Gasteiger partial charge in [0.05, 0.1) is 0 Å². The molecule has 0 unspecified atom stereocenters. The second-order valence-electron chi connectivity index (χ2n) is 3.29. The predicted molar refractivity (Wildman–Crippen MR) is 59.4 cm³/mol. The van der Waals surface area contributed by atoms with Gasteiger partial charge in [-0.25, -0.2) is 9.97 Å². The lowest BCUT2D eigenvalue weighted by Gasteiger charge is -2.17. The molecule has 74 valence electrons. The molecule has 0 aromatic carbocycles. The molecule has 0 atom stereocenters. The highest BCUT2D eigenvalue weighted by Gasteiger charge is 2.18. The van der Waals surface area contributed by atoms with E-state index < -0.39 is 0 Å². The van der Waals surface area contributed by atoms with Gasteiger partial charge in [-0.2, -0.15) is 0 Å². The van der Waals surface area contributed by atoms with Crippen molar-refractivity contribution in [3.63, 3.8) is 0 Å². The predicted octanol–water partition coefficient (Wildman–Crippen LogP) is 0.711. The summed E-state index contributed by atoms with van der Waals surface area (Å²) in [6, 6.07) is 0. The third-order valence-electron chi connectivity index (χ3n) is 2.32. The highest BCUT2D eigenvalue weighted by Crippen LogP contribution is 2.19. The van der Waals surface area contributed by atoms with E-state index in [1.54, 1.807) is 12.4 Å². The summed E-state index contributed by atoms with van der Waals surface area (Å²) in [4.78, 5) is 10.9. The van der Waals surface area contributed by atoms with Gasteiger partial charge in [0.15, 0.2) is 5.82 Å². The van der Waals surface area contributed by atoms with Crippen molar-refractivity contribution in [2.24, 2.45) is 5.73 Å². The van der Waals surface area contributed by atoms with Crippen LogP contribution in [0.15, 0.2) is 12.4 Å². The maximum Gasteiger partial charge on any atom is 0.157 e. The first-order valence-electron chi connectivity index (χ1n) is 4.65. The van der Waals surface area contributed by atoms with Gasteiger partial charge in [-0.3, -0.25) is 0 Å². The van der Waals surface area contributed by atoms with E-state index in [1.165, 1.54) is 12.8 Å². The normalized spacial score (nSPS) is 15.9. The number of nitrogens with zero attached hydrogens (tertiary/aromatic N) is 3. The molecular weight excluding hydrogens is 196 g/mol. The summed E-state index contributed by atoms with van der Waals surface area (Å²) in [5.74, 6) is 0.831. The summed E-state index contributed by atoms with van der Waals surface area (Å²) in [6.45, 7) is 2.04. The summed E-state index contributed by atoms with van der Waals surface area (Å²) < 4.78 is 0. The number of rotatable bonds is 2. The number of aromatic nitrogens is 2. The second-order valence-corrected chi connectivity index (χ2v) is 3.73. The molecule has 1 aromatic rings. The van der Waals surface area contributed by atoms with Crippen LogP contribution in [0.25, 0.3) is 0 Å². The summed E-state index contributed by atoms with van der Waals surface area (Å²) in [5, 5.41) is 0. The topological polar surface area (TPSA) is 55.0 Å². The number of thiocarbonyl (C=S) groups is 1. The Morgan fingerprint density at radius 3 is 2.57 bits per heavy atom. The van der Waals surface area contributed by atoms with Crippen LogP contribution in [0.1, 0.15) is 18.5 Å². The van der Waals surface area contributed by atoms with Crippen molar-refractivity contribution in [1.29, 1.82) is 0 Å². The molecule has 2 N–H and O–H groups in total. The molecule has 0 radical (unpaired) electrons. The van der Waals surface area contributed by atoms with Crippen LogP contribution >= 0.6 is 12.2 Å². The molecular formula is C9H12N4S. The number of hydrogen-bond acceptors (Lipinski definition) is 4. The average molecular weight is 208 g/mol.